The summed E-state index contributed by atoms with van der Waals surface area (Å²) in [6.07, 6.45) is 10.9. The number of aliphatic hydroxyl groups excluding tert-OH is 1. The number of fused-ring (bicyclic) bond motifs is 6. The van der Waals surface area contributed by atoms with Gasteiger partial charge in [-0.25, -0.2) is 0 Å². The van der Waals surface area contributed by atoms with Gasteiger partial charge in [0.05, 0.1) is 6.10 Å². The summed E-state index contributed by atoms with van der Waals surface area (Å²) in [6, 6.07) is 0. The summed E-state index contributed by atoms with van der Waals surface area (Å²) >= 11 is 1.96. The average molecular weight is 347 g/mol. The summed E-state index contributed by atoms with van der Waals surface area (Å²) in [4.78, 5) is 1.58. The van der Waals surface area contributed by atoms with Gasteiger partial charge in [-0.05, 0) is 60.7 Å². The molecule has 4 aliphatic carbocycles. The maximum Gasteiger partial charge on any atom is 0.138 e. The maximum atomic E-state index is 10.4. The standard InChI is InChI=1S/C21H30O2S/c1-12-10-21(3)13(8-17(12)22)4-5-14-15(21)6-7-20(2)16(14)9-18-19(20)24-11-23-18/h4-5,12-17,22H,6-11H2,1-3H3/t12?,13-,14?,15?,16?,17+,20-,21-/m0/s1. The number of allylic oxidation sites excluding steroid dienone is 4. The first kappa shape index (κ1) is 15.8. The van der Waals surface area contributed by atoms with Gasteiger partial charge in [-0.1, -0.05) is 44.7 Å². The molecule has 0 amide bonds. The van der Waals surface area contributed by atoms with Crippen molar-refractivity contribution in [2.45, 2.75) is 59.0 Å². The third-order valence-corrected chi connectivity index (χ3v) is 9.73. The molecule has 2 fully saturated rings. The summed E-state index contributed by atoms with van der Waals surface area (Å²) in [5.41, 5.74) is 0.728. The maximum absolute atomic E-state index is 10.4. The van der Waals surface area contributed by atoms with E-state index in [4.69, 9.17) is 4.74 Å². The molecule has 1 N–H and O–H groups in total. The van der Waals surface area contributed by atoms with E-state index in [1.54, 1.807) is 4.91 Å². The van der Waals surface area contributed by atoms with Crippen LogP contribution in [0.5, 0.6) is 0 Å². The fourth-order valence-corrected chi connectivity index (χ4v) is 8.30. The van der Waals surface area contributed by atoms with Crippen molar-refractivity contribution in [3.05, 3.63) is 22.8 Å². The van der Waals surface area contributed by atoms with Crippen LogP contribution in [0.15, 0.2) is 22.8 Å². The van der Waals surface area contributed by atoms with Gasteiger partial charge in [-0.2, -0.15) is 0 Å². The molecule has 2 saturated carbocycles. The van der Waals surface area contributed by atoms with Crippen molar-refractivity contribution in [2.75, 3.05) is 5.94 Å². The molecule has 0 bridgehead atoms. The van der Waals surface area contributed by atoms with Gasteiger partial charge < -0.3 is 9.84 Å². The van der Waals surface area contributed by atoms with Crippen molar-refractivity contribution in [3.63, 3.8) is 0 Å². The zero-order valence-corrected chi connectivity index (χ0v) is 15.9. The van der Waals surface area contributed by atoms with Gasteiger partial charge in [0.15, 0.2) is 0 Å². The molecule has 5 aliphatic rings. The molecule has 1 aliphatic heterocycles. The molecular weight excluding hydrogens is 316 g/mol. The first-order valence-electron chi connectivity index (χ1n) is 9.79. The second kappa shape index (κ2) is 5.07. The summed E-state index contributed by atoms with van der Waals surface area (Å²) in [6.45, 7) is 7.29. The lowest BCUT2D eigenvalue weighted by molar-refractivity contribution is -0.0856. The number of ether oxygens (including phenoxy) is 1. The highest BCUT2D eigenvalue weighted by molar-refractivity contribution is 8.03. The Balaban J connectivity index is 1.50. The van der Waals surface area contributed by atoms with E-state index in [0.717, 1.165) is 30.6 Å². The summed E-state index contributed by atoms with van der Waals surface area (Å²) in [5, 5.41) is 10.4. The van der Waals surface area contributed by atoms with Crippen LogP contribution in [0.4, 0.5) is 0 Å². The molecule has 8 atom stereocenters. The van der Waals surface area contributed by atoms with Crippen LogP contribution in [-0.4, -0.2) is 17.1 Å². The molecule has 4 unspecified atom stereocenters. The third kappa shape index (κ3) is 1.89. The lowest BCUT2D eigenvalue weighted by atomic mass is 9.46. The molecule has 0 radical (unpaired) electrons. The van der Waals surface area contributed by atoms with Gasteiger partial charge >= 0.3 is 0 Å². The molecule has 5 rings (SSSR count). The monoisotopic (exact) mass is 346 g/mol. The topological polar surface area (TPSA) is 29.5 Å². The number of thioether (sulfide) groups is 1. The van der Waals surface area contributed by atoms with E-state index in [-0.39, 0.29) is 6.10 Å². The van der Waals surface area contributed by atoms with Crippen LogP contribution in [0, 0.1) is 40.4 Å². The molecule has 0 spiro atoms. The number of hydrogen-bond donors (Lipinski definition) is 1. The normalized spacial score (nSPS) is 55.5. The van der Waals surface area contributed by atoms with Crippen LogP contribution in [0.1, 0.15) is 52.9 Å². The quantitative estimate of drug-likeness (QED) is 0.629. The van der Waals surface area contributed by atoms with Crippen LogP contribution >= 0.6 is 11.8 Å². The van der Waals surface area contributed by atoms with E-state index in [9.17, 15) is 5.11 Å². The molecule has 0 saturated heterocycles. The number of rotatable bonds is 0. The lowest BCUT2D eigenvalue weighted by Crippen LogP contribution is -2.53. The minimum atomic E-state index is -0.111. The van der Waals surface area contributed by atoms with Crippen LogP contribution in [0.3, 0.4) is 0 Å². The second-order valence-electron chi connectivity index (χ2n) is 9.59. The van der Waals surface area contributed by atoms with Crippen LogP contribution in [0.2, 0.25) is 0 Å². The van der Waals surface area contributed by atoms with Gasteiger partial charge in [-0.3, -0.25) is 0 Å². The highest BCUT2D eigenvalue weighted by Gasteiger charge is 2.60. The average Bonchev–Trinajstić information content (AvgIpc) is 3.10. The van der Waals surface area contributed by atoms with E-state index in [0.29, 0.717) is 28.6 Å². The summed E-state index contributed by atoms with van der Waals surface area (Å²) in [7, 11) is 0. The lowest BCUT2D eigenvalue weighted by Gasteiger charge is -2.59. The zero-order valence-electron chi connectivity index (χ0n) is 15.1. The SMILES string of the molecule is CC1C[C@]2(C)C3CC[C@]4(C)C5=C(CC4C3C=C[C@H]2C[C@H]1O)OCS5. The Morgan fingerprint density at radius 2 is 2.08 bits per heavy atom. The van der Waals surface area contributed by atoms with Gasteiger partial charge in [0.25, 0.3) is 0 Å². The third-order valence-electron chi connectivity index (χ3n) is 8.51. The smallest absolute Gasteiger partial charge is 0.138 e. The number of hydrogen-bond acceptors (Lipinski definition) is 3. The van der Waals surface area contributed by atoms with Gasteiger partial charge in [0.1, 0.15) is 11.7 Å². The van der Waals surface area contributed by atoms with Crippen molar-refractivity contribution in [1.82, 2.24) is 0 Å². The van der Waals surface area contributed by atoms with Gasteiger partial charge in [0.2, 0.25) is 0 Å². The van der Waals surface area contributed by atoms with Crippen molar-refractivity contribution in [1.29, 1.82) is 0 Å². The van der Waals surface area contributed by atoms with Gasteiger partial charge in [0, 0.05) is 16.7 Å². The molecule has 2 nitrogen and oxygen atoms in total. The fourth-order valence-electron chi connectivity index (χ4n) is 7.09. The van der Waals surface area contributed by atoms with E-state index >= 15 is 0 Å². The van der Waals surface area contributed by atoms with E-state index in [1.807, 2.05) is 11.8 Å². The number of aliphatic hydroxyl groups is 1. The van der Waals surface area contributed by atoms with E-state index in [1.165, 1.54) is 25.0 Å². The highest BCUT2D eigenvalue weighted by atomic mass is 32.2. The van der Waals surface area contributed by atoms with Crippen molar-refractivity contribution >= 4 is 11.8 Å². The van der Waals surface area contributed by atoms with Crippen LogP contribution < -0.4 is 0 Å². The fraction of sp³-hybridized carbons (Fsp3) is 0.810. The minimum Gasteiger partial charge on any atom is -0.486 e. The predicted molar refractivity (Wildman–Crippen MR) is 98.1 cm³/mol. The Kier molecular flexibility index (Phi) is 3.34. The Bertz CT molecular complexity index is 625. The molecule has 0 aromatic carbocycles. The predicted octanol–water partition coefficient (Wildman–Crippen LogP) is 4.95. The largest absolute Gasteiger partial charge is 0.486 e. The van der Waals surface area contributed by atoms with Crippen LogP contribution in [-0.2, 0) is 4.74 Å². The van der Waals surface area contributed by atoms with E-state index in [2.05, 4.69) is 32.9 Å². The van der Waals surface area contributed by atoms with Crippen molar-refractivity contribution in [2.24, 2.45) is 40.4 Å². The van der Waals surface area contributed by atoms with Crippen molar-refractivity contribution < 1.29 is 9.84 Å². The van der Waals surface area contributed by atoms with Crippen molar-refractivity contribution in [3.8, 4) is 0 Å². The van der Waals surface area contributed by atoms with E-state index < -0.39 is 0 Å². The Labute approximate surface area is 150 Å². The highest BCUT2D eigenvalue weighted by Crippen LogP contribution is 2.68. The second-order valence-corrected chi connectivity index (χ2v) is 10.5. The summed E-state index contributed by atoms with van der Waals surface area (Å²) < 4.78 is 5.96. The minimum absolute atomic E-state index is 0.111. The molecule has 0 aromatic rings. The Hall–Kier alpha value is -0.410. The first-order valence-corrected chi connectivity index (χ1v) is 10.8. The molecule has 0 aromatic heterocycles. The molecule has 1 heterocycles. The Morgan fingerprint density at radius 3 is 2.92 bits per heavy atom. The van der Waals surface area contributed by atoms with Crippen LogP contribution in [0.25, 0.3) is 0 Å². The molecule has 24 heavy (non-hydrogen) atoms. The first-order chi connectivity index (χ1) is 11.4. The zero-order chi connectivity index (χ0) is 16.7. The van der Waals surface area contributed by atoms with Gasteiger partial charge in [-0.15, -0.1) is 0 Å². The molecular formula is C21H30O2S. The Morgan fingerprint density at radius 1 is 1.25 bits per heavy atom. The molecule has 132 valence electrons. The summed E-state index contributed by atoms with van der Waals surface area (Å²) in [5.74, 6) is 5.38. The molecule has 3 heteroatoms.